The fourth-order valence-electron chi connectivity index (χ4n) is 8.26. The summed E-state index contributed by atoms with van der Waals surface area (Å²) in [5.41, 5.74) is 6.54. The number of hydrogen-bond donors (Lipinski definition) is 4. The van der Waals surface area contributed by atoms with Crippen LogP contribution in [-0.4, -0.2) is 95.7 Å². The van der Waals surface area contributed by atoms with Gasteiger partial charge < -0.3 is 30.3 Å². The van der Waals surface area contributed by atoms with Crippen molar-refractivity contribution in [3.05, 3.63) is 12.2 Å². The van der Waals surface area contributed by atoms with Gasteiger partial charge in [0.2, 0.25) is 0 Å². The first kappa shape index (κ1) is 61.4. The highest BCUT2D eigenvalue weighted by atomic mass is 16.5. The quantitative estimate of drug-likeness (QED) is 0.0153. The maximum absolute atomic E-state index is 12.9. The molecule has 10 nitrogen and oxygen atoms in total. The molecule has 0 heterocycles. The molecule has 10 heteroatoms. The zero-order valence-electron chi connectivity index (χ0n) is 42.0. The van der Waals surface area contributed by atoms with E-state index in [4.69, 9.17) is 21.1 Å². The van der Waals surface area contributed by atoms with Crippen LogP contribution in [-0.2, 0) is 19.1 Å². The van der Waals surface area contributed by atoms with E-state index in [0.29, 0.717) is 39.0 Å². The molecule has 0 aliphatic heterocycles. The number of esters is 2. The molecule has 0 aromatic rings. The van der Waals surface area contributed by atoms with Gasteiger partial charge in [0, 0.05) is 32.0 Å². The predicted octanol–water partition coefficient (Wildman–Crippen LogP) is 12.3. The Morgan fingerprint density at radius 2 is 1.00 bits per heavy atom. The molecule has 6 N–H and O–H groups in total. The van der Waals surface area contributed by atoms with Crippen LogP contribution in [0, 0.1) is 0 Å². The van der Waals surface area contributed by atoms with Gasteiger partial charge in [0.25, 0.3) is 0 Å². The number of aliphatic hydroxyl groups is 2. The molecular formula is C53H106N4O6. The predicted molar refractivity (Wildman–Crippen MR) is 266 cm³/mol. The number of nitrogens with zero attached hydrogens (tertiary/aromatic N) is 2. The van der Waals surface area contributed by atoms with E-state index in [1.54, 1.807) is 17.2 Å². The highest BCUT2D eigenvalue weighted by Crippen LogP contribution is 2.19. The summed E-state index contributed by atoms with van der Waals surface area (Å²) < 4.78 is 11.6. The van der Waals surface area contributed by atoms with Crippen LogP contribution in [0.2, 0.25) is 0 Å². The number of nitrogens with two attached hydrogens (primary N) is 2. The number of hydrogen-bond acceptors (Lipinski definition) is 10. The number of unbranched alkanes of at least 4 members (excludes halogenated alkanes) is 24. The van der Waals surface area contributed by atoms with Gasteiger partial charge >= 0.3 is 11.9 Å². The Morgan fingerprint density at radius 3 is 1.52 bits per heavy atom. The first-order chi connectivity index (χ1) is 30.7. The first-order valence-electron chi connectivity index (χ1n) is 27.0. The van der Waals surface area contributed by atoms with Crippen molar-refractivity contribution in [1.82, 2.24) is 9.91 Å². The molecule has 0 bridgehead atoms. The standard InChI is InChI=1S/C53H106N4O6/c1-5-9-12-15-18-19-20-26-34-46-62-52(60)39-31-27-33-43-56(45-41-48(54)47-57(55)44-35-38-51(59)50(58)8-4)42-32-25-21-24-30-40-53(61)63-49(36-28-22-16-13-10-6-2)37-29-23-17-14-11-7-3/h35,38,48-51,58-59H,5-34,36-37,39-47,54-55H2,1-4H3/b38-35+. The summed E-state index contributed by atoms with van der Waals surface area (Å²) in [7, 11) is 0. The van der Waals surface area contributed by atoms with Crippen molar-refractivity contribution in [3.8, 4) is 0 Å². The monoisotopic (exact) mass is 895 g/mol. The minimum atomic E-state index is -0.894. The van der Waals surface area contributed by atoms with Crippen molar-refractivity contribution >= 4 is 11.9 Å². The van der Waals surface area contributed by atoms with Crippen molar-refractivity contribution in [2.45, 2.75) is 277 Å². The second-order valence-electron chi connectivity index (χ2n) is 18.8. The Balaban J connectivity index is 4.71. The summed E-state index contributed by atoms with van der Waals surface area (Å²) in [5, 5.41) is 21.5. The van der Waals surface area contributed by atoms with E-state index in [9.17, 15) is 19.8 Å². The van der Waals surface area contributed by atoms with E-state index in [1.165, 1.54) is 109 Å². The summed E-state index contributed by atoms with van der Waals surface area (Å²) in [6.45, 7) is 13.0. The molecule has 0 aliphatic rings. The SMILES string of the molecule is CCCCCCCCCCCOC(=O)CCCCCN(CCCCCCCC(=O)OC(CCCCCCCC)CCCCCCCC)CCC(N)CN(N)C/C=C/C(O)C(O)CC. The van der Waals surface area contributed by atoms with Crippen LogP contribution in [0.4, 0.5) is 0 Å². The van der Waals surface area contributed by atoms with Crippen LogP contribution in [0.3, 0.4) is 0 Å². The van der Waals surface area contributed by atoms with Gasteiger partial charge in [0.1, 0.15) is 6.10 Å². The van der Waals surface area contributed by atoms with E-state index in [0.717, 1.165) is 116 Å². The van der Waals surface area contributed by atoms with Crippen LogP contribution in [0.5, 0.6) is 0 Å². The van der Waals surface area contributed by atoms with Crippen molar-refractivity contribution in [3.63, 3.8) is 0 Å². The van der Waals surface area contributed by atoms with Crippen LogP contribution in [0.15, 0.2) is 12.2 Å². The van der Waals surface area contributed by atoms with Crippen molar-refractivity contribution in [1.29, 1.82) is 0 Å². The van der Waals surface area contributed by atoms with Crippen LogP contribution >= 0.6 is 0 Å². The Bertz CT molecular complexity index is 1000. The van der Waals surface area contributed by atoms with Gasteiger partial charge in [0.05, 0.1) is 18.8 Å². The van der Waals surface area contributed by atoms with Crippen LogP contribution in [0.1, 0.15) is 252 Å². The van der Waals surface area contributed by atoms with E-state index < -0.39 is 12.2 Å². The fourth-order valence-corrected chi connectivity index (χ4v) is 8.26. The Kier molecular flexibility index (Phi) is 45.8. The molecule has 0 aromatic carbocycles. The van der Waals surface area contributed by atoms with Gasteiger partial charge in [-0.05, 0) is 90.3 Å². The summed E-state index contributed by atoms with van der Waals surface area (Å²) >= 11 is 0. The summed E-state index contributed by atoms with van der Waals surface area (Å²) in [6.07, 6.45) is 40.8. The maximum atomic E-state index is 12.9. The molecule has 0 aliphatic carbocycles. The zero-order valence-corrected chi connectivity index (χ0v) is 42.0. The number of ether oxygens (including phenoxy) is 2. The average Bonchev–Trinajstić information content (AvgIpc) is 3.27. The largest absolute Gasteiger partial charge is 0.466 e. The van der Waals surface area contributed by atoms with Crippen LogP contribution < -0.4 is 11.6 Å². The zero-order chi connectivity index (χ0) is 46.4. The van der Waals surface area contributed by atoms with Gasteiger partial charge in [-0.3, -0.25) is 15.4 Å². The second kappa shape index (κ2) is 47.0. The molecule has 0 aromatic heterocycles. The molecule has 0 radical (unpaired) electrons. The second-order valence-corrected chi connectivity index (χ2v) is 18.8. The van der Waals surface area contributed by atoms with E-state index in [1.807, 2.05) is 6.92 Å². The van der Waals surface area contributed by atoms with Crippen molar-refractivity contribution in [2.75, 3.05) is 39.3 Å². The van der Waals surface area contributed by atoms with Crippen molar-refractivity contribution < 1.29 is 29.3 Å². The number of rotatable bonds is 49. The third kappa shape index (κ3) is 42.8. The van der Waals surface area contributed by atoms with Gasteiger partial charge in [-0.1, -0.05) is 181 Å². The molecule has 63 heavy (non-hydrogen) atoms. The highest BCUT2D eigenvalue weighted by molar-refractivity contribution is 5.69. The van der Waals surface area contributed by atoms with Gasteiger partial charge in [-0.2, -0.15) is 0 Å². The normalized spacial score (nSPS) is 13.4. The number of carbonyl (C=O) groups excluding carboxylic acids is 2. The lowest BCUT2D eigenvalue weighted by Gasteiger charge is -2.25. The molecule has 0 fully saturated rings. The topological polar surface area (TPSA) is 152 Å². The molecule has 3 unspecified atom stereocenters. The number of carbonyl (C=O) groups is 2. The maximum Gasteiger partial charge on any atom is 0.306 e. The summed E-state index contributed by atoms with van der Waals surface area (Å²) in [6, 6.07) is -0.0893. The lowest BCUT2D eigenvalue weighted by atomic mass is 10.0. The Hall–Kier alpha value is -1.56. The summed E-state index contributed by atoms with van der Waals surface area (Å²) in [4.78, 5) is 27.8. The molecule has 0 saturated carbocycles. The first-order valence-corrected chi connectivity index (χ1v) is 27.0. The molecule has 0 rings (SSSR count). The molecule has 3 atom stereocenters. The molecule has 0 spiro atoms. The molecule has 0 saturated heterocycles. The fraction of sp³-hybridized carbons (Fsp3) is 0.925. The van der Waals surface area contributed by atoms with E-state index in [2.05, 4.69) is 25.7 Å². The average molecular weight is 895 g/mol. The third-order valence-electron chi connectivity index (χ3n) is 12.5. The summed E-state index contributed by atoms with van der Waals surface area (Å²) in [5.74, 6) is 6.15. The Labute approximate surface area is 389 Å². The highest BCUT2D eigenvalue weighted by Gasteiger charge is 2.16. The minimum absolute atomic E-state index is 0.00787. The van der Waals surface area contributed by atoms with Crippen LogP contribution in [0.25, 0.3) is 0 Å². The van der Waals surface area contributed by atoms with Gasteiger partial charge in [0.15, 0.2) is 0 Å². The molecule has 0 amide bonds. The van der Waals surface area contributed by atoms with E-state index in [-0.39, 0.29) is 24.1 Å². The molecular weight excluding hydrogens is 789 g/mol. The number of aliphatic hydroxyl groups excluding tert-OH is 2. The van der Waals surface area contributed by atoms with Gasteiger partial charge in [-0.15, -0.1) is 0 Å². The smallest absolute Gasteiger partial charge is 0.306 e. The van der Waals surface area contributed by atoms with Gasteiger partial charge in [-0.25, -0.2) is 5.01 Å². The third-order valence-corrected chi connectivity index (χ3v) is 12.5. The molecule has 374 valence electrons. The lowest BCUT2D eigenvalue weighted by Crippen LogP contribution is -2.43. The van der Waals surface area contributed by atoms with E-state index >= 15 is 0 Å². The lowest BCUT2D eigenvalue weighted by molar-refractivity contribution is -0.150. The minimum Gasteiger partial charge on any atom is -0.466 e. The van der Waals surface area contributed by atoms with Crippen molar-refractivity contribution in [2.24, 2.45) is 11.6 Å². The number of hydrazine groups is 1. The Morgan fingerprint density at radius 1 is 0.556 bits per heavy atom.